The van der Waals surface area contributed by atoms with Crippen molar-refractivity contribution in [3.8, 4) is 0 Å². The largest absolute Gasteiger partial charge is 0.0953 e. The average Bonchev–Trinajstić information content (AvgIpc) is 2.08. The van der Waals surface area contributed by atoms with E-state index in [1.807, 2.05) is 0 Å². The van der Waals surface area contributed by atoms with Crippen molar-refractivity contribution in [2.45, 2.75) is 39.0 Å². The molecule has 1 aliphatic rings. The molecule has 0 heterocycles. The molecule has 0 fully saturated rings. The van der Waals surface area contributed by atoms with E-state index in [4.69, 9.17) is 0 Å². The highest BCUT2D eigenvalue weighted by Gasteiger charge is 1.95. The van der Waals surface area contributed by atoms with Crippen LogP contribution in [-0.2, 0) is 0 Å². The summed E-state index contributed by atoms with van der Waals surface area (Å²) in [5.74, 6) is 0. The molecule has 1 aliphatic carbocycles. The normalized spacial score (nSPS) is 27.4. The van der Waals surface area contributed by atoms with Crippen LogP contribution in [0.25, 0.3) is 0 Å². The third kappa shape index (κ3) is 3.08. The highest BCUT2D eigenvalue weighted by molar-refractivity contribution is 5.28. The van der Waals surface area contributed by atoms with Crippen molar-refractivity contribution in [1.29, 1.82) is 0 Å². The number of hydrogen-bond donors (Lipinski definition) is 0. The van der Waals surface area contributed by atoms with Crippen LogP contribution in [0.3, 0.4) is 0 Å². The Kier molecular flexibility index (Phi) is 3.86. The molecule has 12 heavy (non-hydrogen) atoms. The van der Waals surface area contributed by atoms with Gasteiger partial charge in [0.25, 0.3) is 0 Å². The summed E-state index contributed by atoms with van der Waals surface area (Å²) < 4.78 is 0. The molecule has 0 heteroatoms. The summed E-state index contributed by atoms with van der Waals surface area (Å²) in [6, 6.07) is 0. The highest BCUT2D eigenvalue weighted by atomic mass is 14.0. The van der Waals surface area contributed by atoms with Gasteiger partial charge in [-0.1, -0.05) is 30.4 Å². The molecule has 0 N–H and O–H groups in total. The summed E-state index contributed by atoms with van der Waals surface area (Å²) in [7, 11) is 0. The summed E-state index contributed by atoms with van der Waals surface area (Å²) in [6.45, 7) is 6.21. The van der Waals surface area contributed by atoms with Gasteiger partial charge in [0.15, 0.2) is 0 Å². The molecule has 0 bridgehead atoms. The van der Waals surface area contributed by atoms with Gasteiger partial charge in [-0.25, -0.2) is 0 Å². The van der Waals surface area contributed by atoms with Crippen LogP contribution in [-0.4, -0.2) is 0 Å². The van der Waals surface area contributed by atoms with Gasteiger partial charge in [-0.05, 0) is 44.6 Å². The van der Waals surface area contributed by atoms with Crippen LogP contribution in [0.4, 0.5) is 0 Å². The van der Waals surface area contributed by atoms with E-state index in [1.54, 1.807) is 0 Å². The van der Waals surface area contributed by atoms with Gasteiger partial charge >= 0.3 is 0 Å². The Morgan fingerprint density at radius 1 is 1.17 bits per heavy atom. The van der Waals surface area contributed by atoms with Gasteiger partial charge in [-0.15, -0.1) is 0 Å². The fraction of sp³-hybridized carbons (Fsp3) is 0.500. The first kappa shape index (κ1) is 9.31. The smallest absolute Gasteiger partial charge is 0.0101 e. The van der Waals surface area contributed by atoms with Crippen LogP contribution in [0, 0.1) is 0 Å². The Morgan fingerprint density at radius 2 is 1.92 bits per heavy atom. The predicted molar refractivity (Wildman–Crippen MR) is 55.1 cm³/mol. The maximum absolute atomic E-state index is 4.05. The van der Waals surface area contributed by atoms with Crippen LogP contribution in [0.15, 0.2) is 36.0 Å². The van der Waals surface area contributed by atoms with Gasteiger partial charge in [0.1, 0.15) is 0 Å². The third-order valence-corrected chi connectivity index (χ3v) is 2.36. The molecule has 0 aromatic rings. The molecule has 66 valence electrons. The van der Waals surface area contributed by atoms with Gasteiger partial charge in [0.05, 0.1) is 0 Å². The van der Waals surface area contributed by atoms with Crippen molar-refractivity contribution in [1.82, 2.24) is 0 Å². The van der Waals surface area contributed by atoms with Gasteiger partial charge in [-0.2, -0.15) is 0 Å². The van der Waals surface area contributed by atoms with Crippen LogP contribution in [0.5, 0.6) is 0 Å². The molecule has 0 amide bonds. The van der Waals surface area contributed by atoms with Gasteiger partial charge in [0, 0.05) is 0 Å². The first-order valence-corrected chi connectivity index (χ1v) is 4.80. The maximum atomic E-state index is 4.05. The Labute approximate surface area is 75.7 Å². The zero-order chi connectivity index (χ0) is 8.81. The molecule has 0 radical (unpaired) electrons. The lowest BCUT2D eigenvalue weighted by Crippen LogP contribution is -1.85. The van der Waals surface area contributed by atoms with E-state index in [0.29, 0.717) is 0 Å². The van der Waals surface area contributed by atoms with Gasteiger partial charge in [-0.3, -0.25) is 0 Å². The molecular formula is C12H18. The monoisotopic (exact) mass is 162 g/mol. The predicted octanol–water partition coefficient (Wildman–Crippen LogP) is 4.01. The van der Waals surface area contributed by atoms with Crippen molar-refractivity contribution in [3.63, 3.8) is 0 Å². The molecule has 0 nitrogen and oxygen atoms in total. The maximum Gasteiger partial charge on any atom is -0.0101 e. The second-order valence-corrected chi connectivity index (χ2v) is 3.45. The summed E-state index contributed by atoms with van der Waals surface area (Å²) in [6.07, 6.45) is 13.0. The SMILES string of the molecule is C=C1C/C=C/CCCC/C=C/1C. The molecule has 0 saturated carbocycles. The summed E-state index contributed by atoms with van der Waals surface area (Å²) in [5.41, 5.74) is 2.65. The van der Waals surface area contributed by atoms with E-state index in [0.717, 1.165) is 6.42 Å². The molecule has 0 saturated heterocycles. The van der Waals surface area contributed by atoms with E-state index >= 15 is 0 Å². The quantitative estimate of drug-likeness (QED) is 0.472. The van der Waals surface area contributed by atoms with Crippen LogP contribution >= 0.6 is 0 Å². The molecule has 0 aliphatic heterocycles. The minimum absolute atomic E-state index is 1.03. The van der Waals surface area contributed by atoms with Crippen LogP contribution in [0.2, 0.25) is 0 Å². The lowest BCUT2D eigenvalue weighted by molar-refractivity contribution is 0.756. The van der Waals surface area contributed by atoms with Gasteiger partial charge in [0.2, 0.25) is 0 Å². The lowest BCUT2D eigenvalue weighted by Gasteiger charge is -2.05. The zero-order valence-corrected chi connectivity index (χ0v) is 7.97. The fourth-order valence-corrected chi connectivity index (χ4v) is 1.37. The minimum Gasteiger partial charge on any atom is -0.0953 e. The Morgan fingerprint density at radius 3 is 2.75 bits per heavy atom. The fourth-order valence-electron chi connectivity index (χ4n) is 1.37. The van der Waals surface area contributed by atoms with E-state index in [1.165, 1.54) is 36.8 Å². The molecule has 0 spiro atoms. The van der Waals surface area contributed by atoms with E-state index in [9.17, 15) is 0 Å². The summed E-state index contributed by atoms with van der Waals surface area (Å²) >= 11 is 0. The second kappa shape index (κ2) is 4.97. The Balaban J connectivity index is 2.57. The Bertz CT molecular complexity index is 206. The van der Waals surface area contributed by atoms with E-state index in [2.05, 4.69) is 31.7 Å². The molecule has 0 aromatic carbocycles. The standard InChI is InChI=1S/C12H18/c1-11-9-7-5-3-4-6-8-10-12(11)2/h5,7,10H,1,3-4,6,8-9H2,2H3/b7-5+,12-10+. The van der Waals surface area contributed by atoms with E-state index < -0.39 is 0 Å². The lowest BCUT2D eigenvalue weighted by atomic mass is 10.0. The third-order valence-electron chi connectivity index (χ3n) is 2.36. The second-order valence-electron chi connectivity index (χ2n) is 3.45. The Hall–Kier alpha value is -0.780. The number of hydrogen-bond acceptors (Lipinski definition) is 0. The summed E-state index contributed by atoms with van der Waals surface area (Å²) in [5, 5.41) is 0. The van der Waals surface area contributed by atoms with Crippen molar-refractivity contribution in [3.05, 3.63) is 36.0 Å². The topological polar surface area (TPSA) is 0 Å². The van der Waals surface area contributed by atoms with Gasteiger partial charge < -0.3 is 0 Å². The number of rotatable bonds is 0. The summed E-state index contributed by atoms with van der Waals surface area (Å²) in [4.78, 5) is 0. The van der Waals surface area contributed by atoms with Crippen molar-refractivity contribution in [2.24, 2.45) is 0 Å². The van der Waals surface area contributed by atoms with E-state index in [-0.39, 0.29) is 0 Å². The molecule has 0 atom stereocenters. The molecule has 0 aromatic heterocycles. The van der Waals surface area contributed by atoms with Crippen molar-refractivity contribution >= 4 is 0 Å². The van der Waals surface area contributed by atoms with Crippen LogP contribution < -0.4 is 0 Å². The van der Waals surface area contributed by atoms with Crippen molar-refractivity contribution < 1.29 is 0 Å². The molecular weight excluding hydrogens is 144 g/mol. The highest BCUT2D eigenvalue weighted by Crippen LogP contribution is 2.16. The molecule has 1 rings (SSSR count). The first-order valence-electron chi connectivity index (χ1n) is 4.80. The molecule has 0 unspecified atom stereocenters. The van der Waals surface area contributed by atoms with Crippen LogP contribution in [0.1, 0.15) is 39.0 Å². The first-order chi connectivity index (χ1) is 5.80. The minimum atomic E-state index is 1.03. The average molecular weight is 162 g/mol. The zero-order valence-electron chi connectivity index (χ0n) is 7.97. The van der Waals surface area contributed by atoms with Crippen molar-refractivity contribution in [2.75, 3.05) is 0 Å². The number of allylic oxidation sites excluding steroid dienone is 5.